The Bertz CT molecular complexity index is 1590. The third kappa shape index (κ3) is 4.27. The van der Waals surface area contributed by atoms with E-state index in [0.717, 1.165) is 64.2 Å². The maximum atomic E-state index is 15.0. The van der Waals surface area contributed by atoms with E-state index in [1.165, 1.54) is 4.68 Å². The molecular weight excluding hydrogens is 531 g/mol. The highest BCUT2D eigenvalue weighted by molar-refractivity contribution is 7.87. The molecule has 1 aliphatic heterocycles. The number of anilines is 2. The number of carbonyl (C=O) groups is 2. The first-order chi connectivity index (χ1) is 18.7. The van der Waals surface area contributed by atoms with E-state index in [1.807, 2.05) is 4.72 Å². The molecule has 39 heavy (non-hydrogen) atoms. The number of benzene rings is 1. The number of amides is 1. The van der Waals surface area contributed by atoms with Crippen LogP contribution < -0.4 is 10.0 Å². The van der Waals surface area contributed by atoms with Crippen molar-refractivity contribution in [1.29, 1.82) is 0 Å². The molecule has 1 amide bonds. The van der Waals surface area contributed by atoms with E-state index in [1.54, 1.807) is 14.0 Å². The first-order valence-electron chi connectivity index (χ1n) is 12.8. The third-order valence-corrected chi connectivity index (χ3v) is 8.84. The molecule has 12 nitrogen and oxygen atoms in total. The zero-order valence-corrected chi connectivity index (χ0v) is 22.3. The van der Waals surface area contributed by atoms with Crippen molar-refractivity contribution in [3.05, 3.63) is 57.0 Å². The van der Waals surface area contributed by atoms with E-state index < -0.39 is 22.1 Å². The van der Waals surface area contributed by atoms with Crippen LogP contribution in [-0.4, -0.2) is 46.0 Å². The van der Waals surface area contributed by atoms with Crippen LogP contribution >= 0.6 is 0 Å². The zero-order chi connectivity index (χ0) is 27.5. The van der Waals surface area contributed by atoms with Gasteiger partial charge in [0, 0.05) is 24.8 Å². The topological polar surface area (TPSA) is 149 Å². The maximum absolute atomic E-state index is 15.0. The Labute approximate surface area is 223 Å². The third-order valence-electron chi connectivity index (χ3n) is 7.46. The van der Waals surface area contributed by atoms with Crippen LogP contribution in [-0.2, 0) is 60.8 Å². The van der Waals surface area contributed by atoms with Crippen LogP contribution in [0, 0.1) is 5.82 Å². The molecule has 0 saturated carbocycles. The number of aromatic nitrogens is 3. The van der Waals surface area contributed by atoms with Gasteiger partial charge < -0.3 is 14.5 Å². The number of fused-ring (bicyclic) bond motifs is 3. The Balaban J connectivity index is 1.17. The van der Waals surface area contributed by atoms with Crippen molar-refractivity contribution in [2.45, 2.75) is 58.5 Å². The van der Waals surface area contributed by atoms with Gasteiger partial charge in [0.25, 0.3) is 11.9 Å². The Morgan fingerprint density at radius 1 is 1.08 bits per heavy atom. The Kier molecular flexibility index (Phi) is 6.18. The van der Waals surface area contributed by atoms with E-state index in [4.69, 9.17) is 9.15 Å². The fourth-order valence-corrected chi connectivity index (χ4v) is 6.82. The normalized spacial score (nSPS) is 16.2. The fraction of sp³-hybridized carbons (Fsp3) is 0.440. The summed E-state index contributed by atoms with van der Waals surface area (Å²) in [6, 6.07) is 0.0182. The lowest BCUT2D eigenvalue weighted by molar-refractivity contribution is 0.0511. The summed E-state index contributed by atoms with van der Waals surface area (Å²) in [6.45, 7) is 1.58. The van der Waals surface area contributed by atoms with Crippen molar-refractivity contribution in [1.82, 2.24) is 23.8 Å². The highest BCUT2D eigenvalue weighted by atomic mass is 32.2. The number of oxazole rings is 1. The lowest BCUT2D eigenvalue weighted by Gasteiger charge is -2.16. The van der Waals surface area contributed by atoms with Crippen molar-refractivity contribution in [3.63, 3.8) is 0 Å². The van der Waals surface area contributed by atoms with E-state index >= 15 is 0 Å². The Hall–Kier alpha value is -3.78. The molecule has 0 fully saturated rings. The van der Waals surface area contributed by atoms with Crippen molar-refractivity contribution in [2.24, 2.45) is 7.05 Å². The quantitative estimate of drug-likeness (QED) is 0.417. The maximum Gasteiger partial charge on any atom is 0.356 e. The van der Waals surface area contributed by atoms with Gasteiger partial charge in [-0.05, 0) is 67.7 Å². The second kappa shape index (κ2) is 9.45. The van der Waals surface area contributed by atoms with Gasteiger partial charge in [0.15, 0.2) is 11.4 Å². The smallest absolute Gasteiger partial charge is 0.356 e. The standard InChI is InChI=1S/C25H27FN6O6S/c1-3-37-24(34)22-17-10-32(11-18(17)29-31(22)2)39(35,36)30-23(33)19-12-38-25(27-19)28-21-15-8-4-6-13(15)20(26)14-7-5-9-16(14)21/h12H,3-11H2,1-2H3,(H,27,28)(H,30,33). The van der Waals surface area contributed by atoms with Gasteiger partial charge >= 0.3 is 16.2 Å². The molecule has 2 aromatic heterocycles. The van der Waals surface area contributed by atoms with Crippen molar-refractivity contribution >= 4 is 33.8 Å². The molecule has 0 atom stereocenters. The molecule has 0 radical (unpaired) electrons. The minimum atomic E-state index is -4.29. The van der Waals surface area contributed by atoms with Gasteiger partial charge in [-0.3, -0.25) is 9.48 Å². The number of hydrogen-bond acceptors (Lipinski definition) is 9. The van der Waals surface area contributed by atoms with Gasteiger partial charge in [-0.2, -0.15) is 22.8 Å². The van der Waals surface area contributed by atoms with E-state index in [2.05, 4.69) is 15.4 Å². The number of rotatable bonds is 7. The second-order valence-electron chi connectivity index (χ2n) is 9.80. The van der Waals surface area contributed by atoms with Crippen LogP contribution in [0.1, 0.15) is 74.3 Å². The number of esters is 1. The zero-order valence-electron chi connectivity index (χ0n) is 21.5. The van der Waals surface area contributed by atoms with Gasteiger partial charge in [-0.1, -0.05) is 0 Å². The summed E-state index contributed by atoms with van der Waals surface area (Å²) in [5.74, 6) is -1.68. The van der Waals surface area contributed by atoms with E-state index in [-0.39, 0.29) is 42.9 Å². The van der Waals surface area contributed by atoms with Crippen molar-refractivity contribution in [2.75, 3.05) is 11.9 Å². The summed E-state index contributed by atoms with van der Waals surface area (Å²) in [4.78, 5) is 29.3. The lowest BCUT2D eigenvalue weighted by Crippen LogP contribution is -2.41. The minimum absolute atomic E-state index is 0.0182. The summed E-state index contributed by atoms with van der Waals surface area (Å²) < 4.78 is 55.8. The molecule has 0 spiro atoms. The molecule has 206 valence electrons. The highest BCUT2D eigenvalue weighted by Crippen LogP contribution is 2.42. The summed E-state index contributed by atoms with van der Waals surface area (Å²) in [5.41, 5.74) is 4.81. The second-order valence-corrected chi connectivity index (χ2v) is 11.5. The van der Waals surface area contributed by atoms with Crippen LogP contribution in [0.3, 0.4) is 0 Å². The number of carbonyl (C=O) groups excluding carboxylic acids is 2. The van der Waals surface area contributed by atoms with Gasteiger partial charge in [-0.25, -0.2) is 13.9 Å². The number of nitrogens with one attached hydrogen (secondary N) is 2. The number of hydrogen-bond donors (Lipinski definition) is 2. The molecule has 1 aromatic carbocycles. The molecule has 3 aliphatic rings. The number of nitrogens with zero attached hydrogens (tertiary/aromatic N) is 4. The fourth-order valence-electron chi connectivity index (χ4n) is 5.76. The molecule has 0 saturated heterocycles. The van der Waals surface area contributed by atoms with Gasteiger partial charge in [-0.15, -0.1) is 0 Å². The summed E-state index contributed by atoms with van der Waals surface area (Å²) >= 11 is 0. The average Bonchev–Trinajstić information content (AvgIpc) is 3.69. The first-order valence-corrected chi connectivity index (χ1v) is 14.2. The summed E-state index contributed by atoms with van der Waals surface area (Å²) in [5, 5.41) is 7.36. The molecule has 0 unspecified atom stereocenters. The SMILES string of the molecule is CCOC(=O)c1c2c(nn1C)CN(S(=O)(=O)NC(=O)c1coc(Nc3c4c(c(F)c5c3CCC5)CCC4)n1)C2. The first kappa shape index (κ1) is 25.5. The van der Waals surface area contributed by atoms with Crippen LogP contribution in [0.4, 0.5) is 16.1 Å². The van der Waals surface area contributed by atoms with Gasteiger partial charge in [0.2, 0.25) is 0 Å². The molecule has 0 bridgehead atoms. The van der Waals surface area contributed by atoms with E-state index in [0.29, 0.717) is 24.1 Å². The Morgan fingerprint density at radius 3 is 2.41 bits per heavy atom. The van der Waals surface area contributed by atoms with Gasteiger partial charge in [0.1, 0.15) is 12.1 Å². The number of halogens is 1. The Morgan fingerprint density at radius 2 is 1.74 bits per heavy atom. The molecule has 14 heteroatoms. The van der Waals surface area contributed by atoms with Crippen LogP contribution in [0.15, 0.2) is 10.7 Å². The molecule has 3 heterocycles. The van der Waals surface area contributed by atoms with Crippen molar-refractivity contribution < 1.29 is 31.6 Å². The predicted octanol–water partition coefficient (Wildman–Crippen LogP) is 2.44. The summed E-state index contributed by atoms with van der Waals surface area (Å²) in [6.07, 6.45) is 5.61. The lowest BCUT2D eigenvalue weighted by atomic mass is 9.98. The van der Waals surface area contributed by atoms with Gasteiger partial charge in [0.05, 0.1) is 18.8 Å². The largest absolute Gasteiger partial charge is 0.461 e. The molecule has 3 aromatic rings. The highest BCUT2D eigenvalue weighted by Gasteiger charge is 2.37. The number of ether oxygens (including phenoxy) is 1. The van der Waals surface area contributed by atoms with Crippen LogP contribution in [0.5, 0.6) is 0 Å². The van der Waals surface area contributed by atoms with Crippen LogP contribution in [0.2, 0.25) is 0 Å². The number of aryl methyl sites for hydroxylation is 1. The molecule has 2 aliphatic carbocycles. The minimum Gasteiger partial charge on any atom is -0.461 e. The summed E-state index contributed by atoms with van der Waals surface area (Å²) in [7, 11) is -2.72. The monoisotopic (exact) mass is 558 g/mol. The average molecular weight is 559 g/mol. The van der Waals surface area contributed by atoms with Crippen molar-refractivity contribution in [3.8, 4) is 0 Å². The molecular formula is C25H27FN6O6S. The van der Waals surface area contributed by atoms with E-state index in [9.17, 15) is 22.4 Å². The van der Waals surface area contributed by atoms with Crippen LogP contribution in [0.25, 0.3) is 0 Å². The predicted molar refractivity (Wildman–Crippen MR) is 135 cm³/mol. The molecule has 2 N–H and O–H groups in total. The molecule has 6 rings (SSSR count).